The lowest BCUT2D eigenvalue weighted by Gasteiger charge is -2.31. The van der Waals surface area contributed by atoms with Crippen LogP contribution < -0.4 is 5.32 Å². The van der Waals surface area contributed by atoms with Crippen LogP contribution in [0.2, 0.25) is 0 Å². The van der Waals surface area contributed by atoms with E-state index < -0.39 is 11.6 Å². The SMILES string of the molecule is COC1CCCCC1NCCc1cc(F)cc(F)c1. The molecule has 0 amide bonds. The summed E-state index contributed by atoms with van der Waals surface area (Å²) in [6, 6.07) is 4.04. The van der Waals surface area contributed by atoms with E-state index in [1.165, 1.54) is 25.0 Å². The van der Waals surface area contributed by atoms with E-state index in [9.17, 15) is 8.78 Å². The molecule has 2 atom stereocenters. The van der Waals surface area contributed by atoms with Gasteiger partial charge in [0.1, 0.15) is 11.6 Å². The first kappa shape index (κ1) is 14.4. The quantitative estimate of drug-likeness (QED) is 0.887. The van der Waals surface area contributed by atoms with Crippen LogP contribution in [0.4, 0.5) is 8.78 Å². The predicted molar refractivity (Wildman–Crippen MR) is 71.1 cm³/mol. The van der Waals surface area contributed by atoms with Crippen LogP contribution in [0, 0.1) is 11.6 Å². The van der Waals surface area contributed by atoms with Gasteiger partial charge in [-0.3, -0.25) is 0 Å². The van der Waals surface area contributed by atoms with Crippen molar-refractivity contribution < 1.29 is 13.5 Å². The second kappa shape index (κ2) is 6.96. The molecule has 0 heterocycles. The van der Waals surface area contributed by atoms with Gasteiger partial charge in [-0.2, -0.15) is 0 Å². The lowest BCUT2D eigenvalue weighted by atomic mass is 9.92. The Labute approximate surface area is 113 Å². The van der Waals surface area contributed by atoms with Crippen molar-refractivity contribution in [3.05, 3.63) is 35.4 Å². The molecular weight excluding hydrogens is 248 g/mol. The van der Waals surface area contributed by atoms with Crippen molar-refractivity contribution in [3.8, 4) is 0 Å². The fourth-order valence-corrected chi connectivity index (χ4v) is 2.77. The Bertz CT molecular complexity index is 391. The highest BCUT2D eigenvalue weighted by atomic mass is 19.1. The number of rotatable bonds is 5. The van der Waals surface area contributed by atoms with Crippen LogP contribution >= 0.6 is 0 Å². The zero-order valence-corrected chi connectivity index (χ0v) is 11.3. The van der Waals surface area contributed by atoms with Crippen LogP contribution in [-0.2, 0) is 11.2 Å². The summed E-state index contributed by atoms with van der Waals surface area (Å²) in [4.78, 5) is 0. The third-order valence-corrected chi connectivity index (χ3v) is 3.75. The lowest BCUT2D eigenvalue weighted by molar-refractivity contribution is 0.0421. The van der Waals surface area contributed by atoms with Crippen molar-refractivity contribution in [2.45, 2.75) is 44.2 Å². The Morgan fingerprint density at radius 2 is 1.84 bits per heavy atom. The van der Waals surface area contributed by atoms with Crippen LogP contribution in [-0.4, -0.2) is 25.8 Å². The van der Waals surface area contributed by atoms with Gasteiger partial charge < -0.3 is 10.1 Å². The van der Waals surface area contributed by atoms with Crippen LogP contribution in [0.3, 0.4) is 0 Å². The van der Waals surface area contributed by atoms with Crippen molar-refractivity contribution in [2.75, 3.05) is 13.7 Å². The fourth-order valence-electron chi connectivity index (χ4n) is 2.77. The summed E-state index contributed by atoms with van der Waals surface area (Å²) in [5.41, 5.74) is 0.690. The normalized spacial score (nSPS) is 23.5. The molecule has 0 radical (unpaired) electrons. The number of hydrogen-bond acceptors (Lipinski definition) is 2. The third-order valence-electron chi connectivity index (χ3n) is 3.75. The molecule has 4 heteroatoms. The molecule has 1 saturated carbocycles. The number of halogens is 2. The number of methoxy groups -OCH3 is 1. The molecule has 19 heavy (non-hydrogen) atoms. The first-order chi connectivity index (χ1) is 9.19. The van der Waals surface area contributed by atoms with Crippen LogP contribution in [0.1, 0.15) is 31.2 Å². The van der Waals surface area contributed by atoms with Crippen molar-refractivity contribution in [1.29, 1.82) is 0 Å². The minimum Gasteiger partial charge on any atom is -0.380 e. The smallest absolute Gasteiger partial charge is 0.126 e. The van der Waals surface area contributed by atoms with E-state index >= 15 is 0 Å². The van der Waals surface area contributed by atoms with Gasteiger partial charge in [0.05, 0.1) is 6.10 Å². The van der Waals surface area contributed by atoms with E-state index in [4.69, 9.17) is 4.74 Å². The Morgan fingerprint density at radius 3 is 2.53 bits per heavy atom. The van der Waals surface area contributed by atoms with E-state index in [0.717, 1.165) is 18.9 Å². The molecule has 0 aliphatic heterocycles. The predicted octanol–water partition coefficient (Wildman–Crippen LogP) is 3.05. The summed E-state index contributed by atoms with van der Waals surface area (Å²) in [5, 5.41) is 3.44. The topological polar surface area (TPSA) is 21.3 Å². The standard InChI is InChI=1S/C15H21F2NO/c1-19-15-5-3-2-4-14(15)18-7-6-11-8-12(16)10-13(17)9-11/h8-10,14-15,18H,2-7H2,1H3. The minimum absolute atomic E-state index is 0.262. The Morgan fingerprint density at radius 1 is 1.16 bits per heavy atom. The molecule has 1 aliphatic rings. The van der Waals surface area contributed by atoms with E-state index in [-0.39, 0.29) is 6.10 Å². The highest BCUT2D eigenvalue weighted by Crippen LogP contribution is 2.20. The molecule has 0 spiro atoms. The number of nitrogens with one attached hydrogen (secondary N) is 1. The van der Waals surface area contributed by atoms with Gasteiger partial charge in [0.15, 0.2) is 0 Å². The Balaban J connectivity index is 1.82. The Kier molecular flexibility index (Phi) is 5.28. The molecule has 1 aliphatic carbocycles. The highest BCUT2D eigenvalue weighted by molar-refractivity contribution is 5.18. The van der Waals surface area contributed by atoms with Crippen molar-refractivity contribution in [3.63, 3.8) is 0 Å². The van der Waals surface area contributed by atoms with Crippen LogP contribution in [0.25, 0.3) is 0 Å². The maximum Gasteiger partial charge on any atom is 0.126 e. The molecule has 1 aromatic rings. The number of benzene rings is 1. The molecular formula is C15H21F2NO. The van der Waals surface area contributed by atoms with E-state index in [1.807, 2.05) is 0 Å². The summed E-state index contributed by atoms with van der Waals surface area (Å²) in [6.45, 7) is 0.716. The number of ether oxygens (including phenoxy) is 1. The van der Waals surface area contributed by atoms with Gasteiger partial charge in [0.25, 0.3) is 0 Å². The Hall–Kier alpha value is -1.00. The van der Waals surface area contributed by atoms with E-state index in [1.54, 1.807) is 7.11 Å². The summed E-state index contributed by atoms with van der Waals surface area (Å²) in [5.74, 6) is -1.02. The zero-order chi connectivity index (χ0) is 13.7. The van der Waals surface area contributed by atoms with Gasteiger partial charge in [-0.05, 0) is 43.5 Å². The average Bonchev–Trinajstić information content (AvgIpc) is 2.38. The van der Waals surface area contributed by atoms with Crippen LogP contribution in [0.15, 0.2) is 18.2 Å². The maximum atomic E-state index is 13.0. The van der Waals surface area contributed by atoms with Gasteiger partial charge in [-0.1, -0.05) is 12.8 Å². The summed E-state index contributed by atoms with van der Waals surface area (Å²) < 4.78 is 31.6. The third kappa shape index (κ3) is 4.25. The lowest BCUT2D eigenvalue weighted by Crippen LogP contribution is -2.43. The first-order valence-electron chi connectivity index (χ1n) is 6.90. The monoisotopic (exact) mass is 269 g/mol. The molecule has 2 unspecified atom stereocenters. The van der Waals surface area contributed by atoms with Gasteiger partial charge in [0, 0.05) is 19.2 Å². The first-order valence-corrected chi connectivity index (χ1v) is 6.90. The molecule has 0 aromatic heterocycles. The summed E-state index contributed by atoms with van der Waals surface area (Å²) in [7, 11) is 1.74. The van der Waals surface area contributed by atoms with E-state index in [0.29, 0.717) is 24.6 Å². The minimum atomic E-state index is -0.512. The van der Waals surface area contributed by atoms with Crippen molar-refractivity contribution >= 4 is 0 Å². The molecule has 106 valence electrons. The largest absolute Gasteiger partial charge is 0.380 e. The number of hydrogen-bond donors (Lipinski definition) is 1. The van der Waals surface area contributed by atoms with Gasteiger partial charge in [-0.25, -0.2) is 8.78 Å². The molecule has 0 bridgehead atoms. The van der Waals surface area contributed by atoms with Crippen molar-refractivity contribution in [1.82, 2.24) is 5.32 Å². The second-order valence-corrected chi connectivity index (χ2v) is 5.15. The maximum absolute atomic E-state index is 13.0. The summed E-state index contributed by atoms with van der Waals surface area (Å²) in [6.07, 6.45) is 5.51. The average molecular weight is 269 g/mol. The highest BCUT2D eigenvalue weighted by Gasteiger charge is 2.23. The van der Waals surface area contributed by atoms with E-state index in [2.05, 4.69) is 5.32 Å². The second-order valence-electron chi connectivity index (χ2n) is 5.15. The molecule has 1 fully saturated rings. The molecule has 2 rings (SSSR count). The summed E-state index contributed by atoms with van der Waals surface area (Å²) >= 11 is 0. The van der Waals surface area contributed by atoms with Crippen molar-refractivity contribution in [2.24, 2.45) is 0 Å². The van der Waals surface area contributed by atoms with Gasteiger partial charge in [0.2, 0.25) is 0 Å². The van der Waals surface area contributed by atoms with Crippen LogP contribution in [0.5, 0.6) is 0 Å². The molecule has 1 aromatic carbocycles. The molecule has 0 saturated heterocycles. The molecule has 1 N–H and O–H groups in total. The van der Waals surface area contributed by atoms with Gasteiger partial charge >= 0.3 is 0 Å². The zero-order valence-electron chi connectivity index (χ0n) is 11.3. The molecule has 2 nitrogen and oxygen atoms in total. The fraction of sp³-hybridized carbons (Fsp3) is 0.600. The van der Waals surface area contributed by atoms with Gasteiger partial charge in [-0.15, -0.1) is 0 Å².